The lowest BCUT2D eigenvalue weighted by atomic mass is 9.90. The highest BCUT2D eigenvalue weighted by Crippen LogP contribution is 2.21. The second-order valence-electron chi connectivity index (χ2n) is 4.63. The molecule has 0 radical (unpaired) electrons. The fourth-order valence-electron chi connectivity index (χ4n) is 2.41. The van der Waals surface area contributed by atoms with Crippen LogP contribution in [0.5, 0.6) is 0 Å². The summed E-state index contributed by atoms with van der Waals surface area (Å²) in [7, 11) is 0. The van der Waals surface area contributed by atoms with Gasteiger partial charge in [-0.25, -0.2) is 11.4 Å². The second-order valence-corrected chi connectivity index (χ2v) is 4.63. The van der Waals surface area contributed by atoms with E-state index in [9.17, 15) is 0 Å². The molecule has 2 atom stereocenters. The van der Waals surface area contributed by atoms with Crippen molar-refractivity contribution in [1.29, 1.82) is 0 Å². The summed E-state index contributed by atoms with van der Waals surface area (Å²) in [6.07, 6.45) is 13.9. The molecule has 1 aliphatic carbocycles. The fraction of sp³-hybridized carbons (Fsp3) is 0.462. The van der Waals surface area contributed by atoms with Crippen LogP contribution in [0.3, 0.4) is 0 Å². The normalized spacial score (nSPS) is 28.7. The van der Waals surface area contributed by atoms with E-state index < -0.39 is 0 Å². The van der Waals surface area contributed by atoms with Gasteiger partial charge in [0.15, 0.2) is 0 Å². The molecule has 5 nitrogen and oxygen atoms in total. The van der Waals surface area contributed by atoms with E-state index >= 15 is 0 Å². The molecule has 98 valence electrons. The maximum absolute atomic E-state index is 5.84. The number of hydrogen-bond acceptors (Lipinski definition) is 4. The lowest BCUT2D eigenvalue weighted by Gasteiger charge is -2.30. The van der Waals surface area contributed by atoms with Crippen molar-refractivity contribution in [2.24, 2.45) is 22.6 Å². The van der Waals surface area contributed by atoms with Gasteiger partial charge in [-0.3, -0.25) is 0 Å². The number of amidine groups is 1. The Labute approximate surface area is 108 Å². The standard InChI is InChI=1S/C13H21N5/c14-13(17-18-15)11-7-8-12(16-9-11)10-5-3-1-2-4-6-10/h1-3,5-6,11-12,16,18H,4,7-9,15H2,(H2,14,17). The molecule has 6 N–H and O–H groups in total. The molecular weight excluding hydrogens is 226 g/mol. The van der Waals surface area contributed by atoms with E-state index in [1.807, 2.05) is 0 Å². The van der Waals surface area contributed by atoms with Crippen molar-refractivity contribution in [3.05, 3.63) is 36.0 Å². The topological polar surface area (TPSA) is 88.5 Å². The molecule has 0 aromatic heterocycles. The van der Waals surface area contributed by atoms with Crippen molar-refractivity contribution in [2.45, 2.75) is 25.3 Å². The van der Waals surface area contributed by atoms with Gasteiger partial charge in [0.2, 0.25) is 0 Å². The largest absolute Gasteiger partial charge is 0.385 e. The van der Waals surface area contributed by atoms with Gasteiger partial charge in [0.05, 0.1) is 0 Å². The Morgan fingerprint density at radius 2 is 2.28 bits per heavy atom. The molecule has 5 heteroatoms. The van der Waals surface area contributed by atoms with Crippen LogP contribution in [0.1, 0.15) is 19.3 Å². The highest BCUT2D eigenvalue weighted by molar-refractivity contribution is 5.82. The van der Waals surface area contributed by atoms with E-state index in [-0.39, 0.29) is 5.92 Å². The van der Waals surface area contributed by atoms with Crippen LogP contribution in [0, 0.1) is 5.92 Å². The molecule has 18 heavy (non-hydrogen) atoms. The monoisotopic (exact) mass is 247 g/mol. The number of piperidine rings is 1. The van der Waals surface area contributed by atoms with E-state index in [4.69, 9.17) is 11.6 Å². The minimum absolute atomic E-state index is 0.269. The number of allylic oxidation sites excluding steroid dienone is 4. The summed E-state index contributed by atoms with van der Waals surface area (Å²) < 4.78 is 0. The lowest BCUT2D eigenvalue weighted by molar-refractivity contribution is 0.394. The third-order valence-corrected chi connectivity index (χ3v) is 3.45. The quantitative estimate of drug-likeness (QED) is 0.253. The molecule has 0 saturated carbocycles. The predicted octanol–water partition coefficient (Wildman–Crippen LogP) is 0.533. The molecule has 1 heterocycles. The molecule has 0 amide bonds. The number of hydrazone groups is 1. The first-order valence-corrected chi connectivity index (χ1v) is 6.36. The van der Waals surface area contributed by atoms with Crippen molar-refractivity contribution in [3.63, 3.8) is 0 Å². The summed E-state index contributed by atoms with van der Waals surface area (Å²) in [5.41, 5.74) is 9.46. The van der Waals surface area contributed by atoms with Crippen molar-refractivity contribution in [1.82, 2.24) is 10.9 Å². The van der Waals surface area contributed by atoms with Crippen molar-refractivity contribution < 1.29 is 0 Å². The van der Waals surface area contributed by atoms with Gasteiger partial charge < -0.3 is 11.1 Å². The molecule has 2 rings (SSSR count). The van der Waals surface area contributed by atoms with Gasteiger partial charge in [-0.2, -0.15) is 5.10 Å². The number of nitrogens with zero attached hydrogens (tertiary/aromatic N) is 1. The summed E-state index contributed by atoms with van der Waals surface area (Å²) >= 11 is 0. The molecule has 0 spiro atoms. The molecular formula is C13H21N5. The molecule has 2 unspecified atom stereocenters. The van der Waals surface area contributed by atoms with Crippen LogP contribution in [0.4, 0.5) is 0 Å². The third kappa shape index (κ3) is 3.21. The molecule has 1 fully saturated rings. The number of hydrazine groups is 1. The van der Waals surface area contributed by atoms with Crippen LogP contribution in [-0.4, -0.2) is 18.4 Å². The zero-order chi connectivity index (χ0) is 12.8. The Morgan fingerprint density at radius 3 is 3.00 bits per heavy atom. The van der Waals surface area contributed by atoms with E-state index in [0.717, 1.165) is 25.8 Å². The first-order valence-electron chi connectivity index (χ1n) is 6.36. The van der Waals surface area contributed by atoms with E-state index in [0.29, 0.717) is 11.9 Å². The predicted molar refractivity (Wildman–Crippen MR) is 74.4 cm³/mol. The smallest absolute Gasteiger partial charge is 0.125 e. The van der Waals surface area contributed by atoms with Crippen molar-refractivity contribution >= 4 is 5.84 Å². The zero-order valence-corrected chi connectivity index (χ0v) is 10.5. The lowest BCUT2D eigenvalue weighted by Crippen LogP contribution is -2.45. The van der Waals surface area contributed by atoms with Gasteiger partial charge in [-0.15, -0.1) is 0 Å². The highest BCUT2D eigenvalue weighted by atomic mass is 15.5. The van der Waals surface area contributed by atoms with E-state index in [2.05, 4.69) is 46.3 Å². The van der Waals surface area contributed by atoms with Crippen LogP contribution in [0.25, 0.3) is 0 Å². The van der Waals surface area contributed by atoms with Crippen LogP contribution in [-0.2, 0) is 0 Å². The minimum Gasteiger partial charge on any atom is -0.385 e. The van der Waals surface area contributed by atoms with Gasteiger partial charge in [0, 0.05) is 18.5 Å². The van der Waals surface area contributed by atoms with Gasteiger partial charge >= 0.3 is 0 Å². The first-order chi connectivity index (χ1) is 8.81. The van der Waals surface area contributed by atoms with Crippen LogP contribution < -0.4 is 22.4 Å². The Balaban J connectivity index is 1.90. The Morgan fingerprint density at radius 1 is 1.39 bits per heavy atom. The Bertz CT molecular complexity index is 386. The van der Waals surface area contributed by atoms with Crippen LogP contribution in [0.2, 0.25) is 0 Å². The number of hydrogen-bond donors (Lipinski definition) is 4. The van der Waals surface area contributed by atoms with Crippen molar-refractivity contribution in [2.75, 3.05) is 6.54 Å². The molecule has 0 bridgehead atoms. The van der Waals surface area contributed by atoms with Crippen LogP contribution >= 0.6 is 0 Å². The minimum atomic E-state index is 0.269. The van der Waals surface area contributed by atoms with E-state index in [1.165, 1.54) is 5.57 Å². The summed E-state index contributed by atoms with van der Waals surface area (Å²) in [4.78, 5) is 0. The first kappa shape index (κ1) is 12.9. The molecule has 0 aromatic carbocycles. The van der Waals surface area contributed by atoms with Gasteiger partial charge in [0.25, 0.3) is 0 Å². The summed E-state index contributed by atoms with van der Waals surface area (Å²) in [6, 6.07) is 0.427. The molecule has 0 aromatic rings. The van der Waals surface area contributed by atoms with Gasteiger partial charge in [-0.1, -0.05) is 30.4 Å². The maximum Gasteiger partial charge on any atom is 0.125 e. The van der Waals surface area contributed by atoms with Gasteiger partial charge in [-0.05, 0) is 24.8 Å². The SMILES string of the molecule is NN/N=C(\N)C1CCC(C2=CCC=CC=C2)NC1. The summed E-state index contributed by atoms with van der Waals surface area (Å²) in [6.45, 7) is 0.848. The summed E-state index contributed by atoms with van der Waals surface area (Å²) in [5.74, 6) is 5.98. The third-order valence-electron chi connectivity index (χ3n) is 3.45. The second kappa shape index (κ2) is 6.37. The maximum atomic E-state index is 5.84. The molecule has 2 aliphatic rings. The fourth-order valence-corrected chi connectivity index (χ4v) is 2.41. The molecule has 1 aliphatic heterocycles. The molecule has 1 saturated heterocycles. The Kier molecular flexibility index (Phi) is 4.55. The average molecular weight is 247 g/mol. The Hall–Kier alpha value is -1.59. The zero-order valence-electron chi connectivity index (χ0n) is 10.5. The van der Waals surface area contributed by atoms with E-state index in [1.54, 1.807) is 0 Å². The van der Waals surface area contributed by atoms with Crippen LogP contribution in [0.15, 0.2) is 41.1 Å². The summed E-state index contributed by atoms with van der Waals surface area (Å²) in [5, 5.41) is 7.37. The number of nitrogens with one attached hydrogen (secondary N) is 2. The highest BCUT2D eigenvalue weighted by Gasteiger charge is 2.24. The average Bonchev–Trinajstić information content (AvgIpc) is 2.68. The number of rotatable bonds is 3. The van der Waals surface area contributed by atoms with Gasteiger partial charge in [0.1, 0.15) is 5.84 Å². The van der Waals surface area contributed by atoms with Crippen molar-refractivity contribution in [3.8, 4) is 0 Å². The number of nitrogens with two attached hydrogens (primary N) is 2.